The van der Waals surface area contributed by atoms with Gasteiger partial charge in [0.2, 0.25) is 11.6 Å². The summed E-state index contributed by atoms with van der Waals surface area (Å²) >= 11 is 0. The molecule has 0 heterocycles. The number of unbranched alkanes of at least 4 members (excludes halogenated alkanes) is 2. The first kappa shape index (κ1) is 21.1. The maximum atomic E-state index is 14.3. The van der Waals surface area contributed by atoms with E-state index in [1.807, 2.05) is 6.92 Å². The van der Waals surface area contributed by atoms with Gasteiger partial charge in [0, 0.05) is 0 Å². The standard InChI is InChI=1S/C23H32F2O3/c1-3-5-6-7-15-8-9-17-16(15)10-11-18(17)23(26)28-20-13-12-19(27-14-4-2)21(24)22(20)25/h12-13,15-18H,3-11,14H2,1-2H3. The zero-order valence-electron chi connectivity index (χ0n) is 17.0. The molecule has 5 heteroatoms. The summed E-state index contributed by atoms with van der Waals surface area (Å²) in [7, 11) is 0. The van der Waals surface area contributed by atoms with Crippen LogP contribution in [0.4, 0.5) is 8.78 Å². The molecule has 0 aromatic heterocycles. The van der Waals surface area contributed by atoms with Crippen LogP contribution >= 0.6 is 0 Å². The van der Waals surface area contributed by atoms with Crippen LogP contribution in [0.15, 0.2) is 12.1 Å². The normalized spacial score (nSPS) is 26.3. The summed E-state index contributed by atoms with van der Waals surface area (Å²) in [5.41, 5.74) is 0. The van der Waals surface area contributed by atoms with Gasteiger partial charge in [-0.2, -0.15) is 8.78 Å². The van der Waals surface area contributed by atoms with E-state index in [0.29, 0.717) is 30.8 Å². The summed E-state index contributed by atoms with van der Waals surface area (Å²) in [6.45, 7) is 4.40. The number of rotatable bonds is 9. The van der Waals surface area contributed by atoms with Crippen molar-refractivity contribution in [2.75, 3.05) is 6.61 Å². The number of carbonyl (C=O) groups excluding carboxylic acids is 1. The molecule has 1 aromatic carbocycles. The van der Waals surface area contributed by atoms with E-state index in [0.717, 1.165) is 19.3 Å². The van der Waals surface area contributed by atoms with E-state index in [2.05, 4.69) is 6.92 Å². The molecule has 4 unspecified atom stereocenters. The molecule has 4 atom stereocenters. The Morgan fingerprint density at radius 1 is 0.964 bits per heavy atom. The van der Waals surface area contributed by atoms with Crippen molar-refractivity contribution in [2.24, 2.45) is 23.7 Å². The van der Waals surface area contributed by atoms with Gasteiger partial charge in [-0.05, 0) is 62.0 Å². The van der Waals surface area contributed by atoms with Crippen molar-refractivity contribution >= 4 is 5.97 Å². The van der Waals surface area contributed by atoms with Crippen molar-refractivity contribution in [3.8, 4) is 11.5 Å². The van der Waals surface area contributed by atoms with E-state index >= 15 is 0 Å². The van der Waals surface area contributed by atoms with E-state index in [9.17, 15) is 13.6 Å². The molecular formula is C23H32F2O3. The third-order valence-corrected chi connectivity index (χ3v) is 6.52. The van der Waals surface area contributed by atoms with E-state index in [1.165, 1.54) is 44.2 Å². The van der Waals surface area contributed by atoms with Crippen LogP contribution in [0.5, 0.6) is 11.5 Å². The quantitative estimate of drug-likeness (QED) is 0.280. The lowest BCUT2D eigenvalue weighted by molar-refractivity contribution is -0.140. The predicted molar refractivity (Wildman–Crippen MR) is 104 cm³/mol. The van der Waals surface area contributed by atoms with E-state index in [1.54, 1.807) is 0 Å². The monoisotopic (exact) mass is 394 g/mol. The maximum absolute atomic E-state index is 14.3. The number of hydrogen-bond donors (Lipinski definition) is 0. The van der Waals surface area contributed by atoms with Crippen molar-refractivity contribution in [1.29, 1.82) is 0 Å². The van der Waals surface area contributed by atoms with Gasteiger partial charge in [0.1, 0.15) is 0 Å². The van der Waals surface area contributed by atoms with Crippen molar-refractivity contribution in [1.82, 2.24) is 0 Å². The molecular weight excluding hydrogens is 362 g/mol. The summed E-state index contributed by atoms with van der Waals surface area (Å²) in [4.78, 5) is 12.7. The summed E-state index contributed by atoms with van der Waals surface area (Å²) in [5, 5.41) is 0. The minimum Gasteiger partial charge on any atom is -0.490 e. The second kappa shape index (κ2) is 9.71. The van der Waals surface area contributed by atoms with Gasteiger partial charge in [-0.3, -0.25) is 4.79 Å². The average molecular weight is 395 g/mol. The van der Waals surface area contributed by atoms with Crippen LogP contribution in [-0.4, -0.2) is 12.6 Å². The highest BCUT2D eigenvalue weighted by Gasteiger charge is 2.47. The third kappa shape index (κ3) is 4.49. The Hall–Kier alpha value is -1.65. The molecule has 0 saturated heterocycles. The molecule has 2 fully saturated rings. The van der Waals surface area contributed by atoms with Crippen LogP contribution in [-0.2, 0) is 4.79 Å². The third-order valence-electron chi connectivity index (χ3n) is 6.52. The minimum absolute atomic E-state index is 0.147. The zero-order valence-corrected chi connectivity index (χ0v) is 17.0. The number of halogens is 2. The molecule has 2 saturated carbocycles. The molecule has 28 heavy (non-hydrogen) atoms. The molecule has 3 rings (SSSR count). The Balaban J connectivity index is 1.61. The number of esters is 1. The zero-order chi connectivity index (χ0) is 20.1. The Morgan fingerprint density at radius 2 is 1.68 bits per heavy atom. The molecule has 0 radical (unpaired) electrons. The lowest BCUT2D eigenvalue weighted by Gasteiger charge is -2.20. The summed E-state index contributed by atoms with van der Waals surface area (Å²) in [6, 6.07) is 2.61. The van der Waals surface area contributed by atoms with Gasteiger partial charge < -0.3 is 9.47 Å². The van der Waals surface area contributed by atoms with Crippen LogP contribution in [0.1, 0.15) is 71.6 Å². The first-order valence-electron chi connectivity index (χ1n) is 10.9. The highest BCUT2D eigenvalue weighted by molar-refractivity contribution is 5.76. The summed E-state index contributed by atoms with van der Waals surface area (Å²) < 4.78 is 38.9. The Bertz CT molecular complexity index is 676. The van der Waals surface area contributed by atoms with Gasteiger partial charge in [-0.25, -0.2) is 0 Å². The number of fused-ring (bicyclic) bond motifs is 1. The molecule has 156 valence electrons. The van der Waals surface area contributed by atoms with Gasteiger partial charge in [-0.15, -0.1) is 0 Å². The van der Waals surface area contributed by atoms with Crippen molar-refractivity contribution in [3.63, 3.8) is 0 Å². The van der Waals surface area contributed by atoms with Crippen molar-refractivity contribution in [3.05, 3.63) is 23.8 Å². The lowest BCUT2D eigenvalue weighted by atomic mass is 9.86. The van der Waals surface area contributed by atoms with Crippen LogP contribution in [0.25, 0.3) is 0 Å². The molecule has 2 aliphatic carbocycles. The van der Waals surface area contributed by atoms with E-state index in [-0.39, 0.29) is 17.4 Å². The topological polar surface area (TPSA) is 35.5 Å². The fourth-order valence-corrected chi connectivity index (χ4v) is 5.13. The molecule has 0 N–H and O–H groups in total. The van der Waals surface area contributed by atoms with Crippen LogP contribution in [0.2, 0.25) is 0 Å². The average Bonchev–Trinajstić information content (AvgIpc) is 3.28. The van der Waals surface area contributed by atoms with Crippen LogP contribution < -0.4 is 9.47 Å². The lowest BCUT2D eigenvalue weighted by Crippen LogP contribution is -2.25. The largest absolute Gasteiger partial charge is 0.490 e. The first-order chi connectivity index (χ1) is 13.6. The molecule has 2 aliphatic rings. The minimum atomic E-state index is -1.15. The second-order valence-corrected chi connectivity index (χ2v) is 8.30. The highest BCUT2D eigenvalue weighted by Crippen LogP contribution is 2.52. The van der Waals surface area contributed by atoms with Gasteiger partial charge in [0.15, 0.2) is 11.5 Å². The molecule has 0 spiro atoms. The first-order valence-corrected chi connectivity index (χ1v) is 10.9. The number of hydrogen-bond acceptors (Lipinski definition) is 3. The number of benzene rings is 1. The van der Waals surface area contributed by atoms with Gasteiger partial charge in [0.05, 0.1) is 12.5 Å². The van der Waals surface area contributed by atoms with Crippen molar-refractivity contribution in [2.45, 2.75) is 71.6 Å². The fraction of sp³-hybridized carbons (Fsp3) is 0.696. The Kier molecular flexibility index (Phi) is 7.30. The molecule has 0 amide bonds. The van der Waals surface area contributed by atoms with Gasteiger partial charge >= 0.3 is 5.97 Å². The van der Waals surface area contributed by atoms with E-state index < -0.39 is 17.6 Å². The molecule has 0 bridgehead atoms. The SMILES string of the molecule is CCCCCC1CCC2C(C(=O)Oc3ccc(OCCC)c(F)c3F)CCC12. The molecule has 3 nitrogen and oxygen atoms in total. The predicted octanol–water partition coefficient (Wildman–Crippen LogP) is 6.29. The summed E-state index contributed by atoms with van der Waals surface area (Å²) in [6.07, 6.45) is 9.75. The Morgan fingerprint density at radius 3 is 2.43 bits per heavy atom. The maximum Gasteiger partial charge on any atom is 0.314 e. The van der Waals surface area contributed by atoms with Crippen molar-refractivity contribution < 1.29 is 23.0 Å². The second-order valence-electron chi connectivity index (χ2n) is 8.30. The fourth-order valence-electron chi connectivity index (χ4n) is 5.13. The summed E-state index contributed by atoms with van der Waals surface area (Å²) in [5.74, 6) is -1.72. The van der Waals surface area contributed by atoms with Crippen LogP contribution in [0.3, 0.4) is 0 Å². The smallest absolute Gasteiger partial charge is 0.314 e. The highest BCUT2D eigenvalue weighted by atomic mass is 19.2. The molecule has 0 aliphatic heterocycles. The Labute approximate surface area is 166 Å². The van der Waals surface area contributed by atoms with Gasteiger partial charge in [0.25, 0.3) is 0 Å². The van der Waals surface area contributed by atoms with Gasteiger partial charge in [-0.1, -0.05) is 39.5 Å². The van der Waals surface area contributed by atoms with Crippen LogP contribution in [0, 0.1) is 35.3 Å². The number of carbonyl (C=O) groups is 1. The number of ether oxygens (including phenoxy) is 2. The van der Waals surface area contributed by atoms with E-state index in [4.69, 9.17) is 9.47 Å². The molecule has 1 aromatic rings.